The van der Waals surface area contributed by atoms with Gasteiger partial charge in [0.15, 0.2) is 0 Å². The normalized spacial score (nSPS) is 23.4. The van der Waals surface area contributed by atoms with Gasteiger partial charge in [-0.15, -0.1) is 0 Å². The Morgan fingerprint density at radius 3 is 2.54 bits per heavy atom. The number of piperazine rings is 2. The van der Waals surface area contributed by atoms with E-state index in [1.165, 1.54) is 4.90 Å². The predicted octanol–water partition coefficient (Wildman–Crippen LogP) is -1.23. The fourth-order valence-electron chi connectivity index (χ4n) is 2.95. The van der Waals surface area contributed by atoms with Gasteiger partial charge in [0.05, 0.1) is 25.5 Å². The first kappa shape index (κ1) is 20.2. The van der Waals surface area contributed by atoms with Gasteiger partial charge < -0.3 is 25.6 Å². The lowest BCUT2D eigenvalue weighted by molar-refractivity contribution is -0.152. The minimum Gasteiger partial charge on any atom is -0.466 e. The maximum absolute atomic E-state index is 12.6. The molecule has 0 radical (unpaired) electrons. The quantitative estimate of drug-likeness (QED) is 0.485. The van der Waals surface area contributed by atoms with Gasteiger partial charge in [-0.25, -0.2) is 0 Å². The first-order chi connectivity index (χ1) is 12.4. The number of carbonyl (C=O) groups is 4. The number of rotatable bonds is 7. The molecule has 2 atom stereocenters. The number of hydrogen-bond donors (Lipinski definition) is 3. The number of carbonyl (C=O) groups excluding carboxylic acids is 4. The molecule has 26 heavy (non-hydrogen) atoms. The summed E-state index contributed by atoms with van der Waals surface area (Å²) in [5.41, 5.74) is 0. The molecule has 2 saturated heterocycles. The topological polar surface area (TPSA) is 117 Å². The molecule has 0 aromatic carbocycles. The standard InChI is InChI=1S/C17H28N4O5/c1-11(2)3-8-26-15(23)10-13-17(25)20-6-7-21(13)14(22)9-12-16(24)19-5-4-18-12/h11-13,18H,3-10H2,1-2H3,(H,19,24)(H,20,25). The van der Waals surface area contributed by atoms with Crippen molar-refractivity contribution < 1.29 is 23.9 Å². The van der Waals surface area contributed by atoms with Crippen LogP contribution in [0, 0.1) is 5.92 Å². The third-order valence-electron chi connectivity index (χ3n) is 4.48. The number of amides is 3. The Kier molecular flexibility index (Phi) is 7.38. The Morgan fingerprint density at radius 1 is 1.12 bits per heavy atom. The number of hydrogen-bond acceptors (Lipinski definition) is 6. The first-order valence-corrected chi connectivity index (χ1v) is 9.12. The van der Waals surface area contributed by atoms with E-state index in [0.29, 0.717) is 38.7 Å². The molecule has 2 aliphatic rings. The Morgan fingerprint density at radius 2 is 1.85 bits per heavy atom. The van der Waals surface area contributed by atoms with Gasteiger partial charge in [-0.05, 0) is 12.3 Å². The summed E-state index contributed by atoms with van der Waals surface area (Å²) in [5.74, 6) is -1.01. The number of ether oxygens (including phenoxy) is 1. The molecule has 2 unspecified atom stereocenters. The molecule has 0 aromatic heterocycles. The minimum atomic E-state index is -0.894. The molecule has 2 aliphatic heterocycles. The van der Waals surface area contributed by atoms with Crippen molar-refractivity contribution in [2.24, 2.45) is 5.92 Å². The summed E-state index contributed by atoms with van der Waals surface area (Å²) in [6, 6.07) is -1.51. The van der Waals surface area contributed by atoms with Crippen LogP contribution in [0.3, 0.4) is 0 Å². The average Bonchev–Trinajstić information content (AvgIpc) is 2.58. The Hall–Kier alpha value is -2.16. The maximum Gasteiger partial charge on any atom is 0.308 e. The van der Waals surface area contributed by atoms with Crippen LogP contribution < -0.4 is 16.0 Å². The van der Waals surface area contributed by atoms with E-state index in [0.717, 1.165) is 6.42 Å². The number of esters is 1. The SMILES string of the molecule is CC(C)CCOC(=O)CC1C(=O)NCCN1C(=O)CC1NCCNC1=O. The van der Waals surface area contributed by atoms with Gasteiger partial charge in [0.25, 0.3) is 0 Å². The van der Waals surface area contributed by atoms with Crippen molar-refractivity contribution in [3.05, 3.63) is 0 Å². The number of nitrogens with zero attached hydrogens (tertiary/aromatic N) is 1. The molecule has 0 aliphatic carbocycles. The van der Waals surface area contributed by atoms with E-state index in [9.17, 15) is 19.2 Å². The van der Waals surface area contributed by atoms with Crippen LogP contribution in [0.4, 0.5) is 0 Å². The molecule has 2 fully saturated rings. The molecule has 0 aromatic rings. The second-order valence-corrected chi connectivity index (χ2v) is 7.00. The van der Waals surface area contributed by atoms with Gasteiger partial charge in [-0.3, -0.25) is 19.2 Å². The van der Waals surface area contributed by atoms with Crippen LogP contribution >= 0.6 is 0 Å². The van der Waals surface area contributed by atoms with Crippen molar-refractivity contribution in [3.8, 4) is 0 Å². The molecule has 3 amide bonds. The molecule has 3 N–H and O–H groups in total. The van der Waals surface area contributed by atoms with E-state index in [-0.39, 0.29) is 30.6 Å². The van der Waals surface area contributed by atoms with Crippen LogP contribution in [-0.2, 0) is 23.9 Å². The van der Waals surface area contributed by atoms with Crippen molar-refractivity contribution in [3.63, 3.8) is 0 Å². The van der Waals surface area contributed by atoms with Crippen molar-refractivity contribution in [1.29, 1.82) is 0 Å². The molecule has 9 heteroatoms. The van der Waals surface area contributed by atoms with E-state index in [2.05, 4.69) is 16.0 Å². The monoisotopic (exact) mass is 368 g/mol. The van der Waals surface area contributed by atoms with Crippen molar-refractivity contribution >= 4 is 23.7 Å². The smallest absolute Gasteiger partial charge is 0.308 e. The average molecular weight is 368 g/mol. The fraction of sp³-hybridized carbons (Fsp3) is 0.765. The third-order valence-corrected chi connectivity index (χ3v) is 4.48. The zero-order valence-corrected chi connectivity index (χ0v) is 15.4. The van der Waals surface area contributed by atoms with E-state index in [4.69, 9.17) is 4.74 Å². The number of nitrogens with one attached hydrogen (secondary N) is 3. The van der Waals surface area contributed by atoms with Crippen LogP contribution in [0.15, 0.2) is 0 Å². The van der Waals surface area contributed by atoms with Crippen LogP contribution in [-0.4, -0.2) is 73.5 Å². The van der Waals surface area contributed by atoms with Gasteiger partial charge >= 0.3 is 5.97 Å². The molecule has 2 heterocycles. The van der Waals surface area contributed by atoms with Crippen LogP contribution in [0.2, 0.25) is 0 Å². The minimum absolute atomic E-state index is 0.0436. The zero-order valence-electron chi connectivity index (χ0n) is 15.4. The Balaban J connectivity index is 1.93. The molecule has 146 valence electrons. The highest BCUT2D eigenvalue weighted by Gasteiger charge is 2.36. The highest BCUT2D eigenvalue weighted by molar-refractivity contribution is 5.94. The summed E-state index contributed by atoms with van der Waals surface area (Å²) in [4.78, 5) is 50.0. The van der Waals surface area contributed by atoms with E-state index < -0.39 is 18.1 Å². The fourth-order valence-corrected chi connectivity index (χ4v) is 2.95. The molecule has 0 bridgehead atoms. The van der Waals surface area contributed by atoms with Crippen LogP contribution in [0.25, 0.3) is 0 Å². The third kappa shape index (κ3) is 5.69. The van der Waals surface area contributed by atoms with Gasteiger partial charge in [0.1, 0.15) is 6.04 Å². The lowest BCUT2D eigenvalue weighted by Gasteiger charge is -2.35. The van der Waals surface area contributed by atoms with Crippen molar-refractivity contribution in [2.45, 2.75) is 45.2 Å². The van der Waals surface area contributed by atoms with E-state index in [1.807, 2.05) is 13.8 Å². The molecule has 0 saturated carbocycles. The Labute approximate surface area is 153 Å². The highest BCUT2D eigenvalue weighted by Crippen LogP contribution is 2.13. The molecule has 2 rings (SSSR count). The van der Waals surface area contributed by atoms with Gasteiger partial charge in [-0.2, -0.15) is 0 Å². The molecule has 9 nitrogen and oxygen atoms in total. The maximum atomic E-state index is 12.6. The van der Waals surface area contributed by atoms with Crippen molar-refractivity contribution in [2.75, 3.05) is 32.8 Å². The van der Waals surface area contributed by atoms with Crippen LogP contribution in [0.5, 0.6) is 0 Å². The second kappa shape index (κ2) is 9.51. The predicted molar refractivity (Wildman–Crippen MR) is 93.0 cm³/mol. The van der Waals surface area contributed by atoms with Gasteiger partial charge in [0.2, 0.25) is 17.7 Å². The second-order valence-electron chi connectivity index (χ2n) is 7.00. The zero-order chi connectivity index (χ0) is 19.1. The lowest BCUT2D eigenvalue weighted by Crippen LogP contribution is -2.60. The largest absolute Gasteiger partial charge is 0.466 e. The van der Waals surface area contributed by atoms with Crippen molar-refractivity contribution in [1.82, 2.24) is 20.9 Å². The molecular formula is C17H28N4O5. The van der Waals surface area contributed by atoms with Gasteiger partial charge in [0, 0.05) is 26.2 Å². The van der Waals surface area contributed by atoms with Gasteiger partial charge in [-0.1, -0.05) is 13.8 Å². The van der Waals surface area contributed by atoms with E-state index >= 15 is 0 Å². The molecular weight excluding hydrogens is 340 g/mol. The summed E-state index contributed by atoms with van der Waals surface area (Å²) >= 11 is 0. The van der Waals surface area contributed by atoms with Crippen LogP contribution in [0.1, 0.15) is 33.1 Å². The summed E-state index contributed by atoms with van der Waals surface area (Å²) in [7, 11) is 0. The Bertz CT molecular complexity index is 551. The highest BCUT2D eigenvalue weighted by atomic mass is 16.5. The summed E-state index contributed by atoms with van der Waals surface area (Å²) in [6.07, 6.45) is 0.520. The molecule has 0 spiro atoms. The lowest BCUT2D eigenvalue weighted by atomic mass is 10.1. The first-order valence-electron chi connectivity index (χ1n) is 9.12. The van der Waals surface area contributed by atoms with E-state index in [1.54, 1.807) is 0 Å². The summed E-state index contributed by atoms with van der Waals surface area (Å²) in [5, 5.41) is 8.37. The summed E-state index contributed by atoms with van der Waals surface area (Å²) in [6.45, 7) is 6.11. The summed E-state index contributed by atoms with van der Waals surface area (Å²) < 4.78 is 5.17.